The van der Waals surface area contributed by atoms with Crippen molar-refractivity contribution in [2.45, 2.75) is 25.8 Å². The lowest BCUT2D eigenvalue weighted by molar-refractivity contribution is -0.123. The molecule has 1 aliphatic heterocycles. The molecule has 0 radical (unpaired) electrons. The van der Waals surface area contributed by atoms with Crippen LogP contribution in [0.1, 0.15) is 18.4 Å². The van der Waals surface area contributed by atoms with E-state index in [9.17, 15) is 9.59 Å². The average molecular weight is 276 g/mol. The molecule has 108 valence electrons. The van der Waals surface area contributed by atoms with Crippen LogP contribution in [-0.4, -0.2) is 35.8 Å². The summed E-state index contributed by atoms with van der Waals surface area (Å²) >= 11 is 0. The SMILES string of the molecule is Cc1cccc(N)c1NC(=O)CN1CCCC1C(N)=O. The molecule has 1 fully saturated rings. The highest BCUT2D eigenvalue weighted by molar-refractivity contribution is 5.96. The summed E-state index contributed by atoms with van der Waals surface area (Å²) in [5.74, 6) is -0.551. The second-order valence-corrected chi connectivity index (χ2v) is 5.12. The van der Waals surface area contributed by atoms with Crippen LogP contribution < -0.4 is 16.8 Å². The van der Waals surface area contributed by atoms with E-state index in [0.29, 0.717) is 17.9 Å². The molecule has 2 amide bonds. The van der Waals surface area contributed by atoms with Crippen LogP contribution in [0.25, 0.3) is 0 Å². The second kappa shape index (κ2) is 5.92. The van der Waals surface area contributed by atoms with Gasteiger partial charge in [-0.3, -0.25) is 14.5 Å². The maximum atomic E-state index is 12.1. The van der Waals surface area contributed by atoms with Gasteiger partial charge in [0.1, 0.15) is 0 Å². The molecule has 1 heterocycles. The summed E-state index contributed by atoms with van der Waals surface area (Å²) in [4.78, 5) is 25.2. The molecular weight excluding hydrogens is 256 g/mol. The number of nitrogens with two attached hydrogens (primary N) is 2. The zero-order chi connectivity index (χ0) is 14.7. The van der Waals surface area contributed by atoms with Crippen molar-refractivity contribution < 1.29 is 9.59 Å². The Balaban J connectivity index is 2.01. The maximum Gasteiger partial charge on any atom is 0.238 e. The van der Waals surface area contributed by atoms with Crippen LogP contribution in [0.4, 0.5) is 11.4 Å². The first-order valence-electron chi connectivity index (χ1n) is 6.67. The Morgan fingerprint density at radius 2 is 2.20 bits per heavy atom. The van der Waals surface area contributed by atoms with Gasteiger partial charge in [-0.15, -0.1) is 0 Å². The van der Waals surface area contributed by atoms with Crippen molar-refractivity contribution >= 4 is 23.2 Å². The van der Waals surface area contributed by atoms with E-state index >= 15 is 0 Å². The van der Waals surface area contributed by atoms with Crippen LogP contribution >= 0.6 is 0 Å². The predicted octanol–water partition coefficient (Wildman–Crippen LogP) is 0.465. The molecule has 0 aromatic heterocycles. The number of likely N-dealkylation sites (tertiary alicyclic amines) is 1. The molecule has 1 aromatic carbocycles. The quantitative estimate of drug-likeness (QED) is 0.695. The highest BCUT2D eigenvalue weighted by atomic mass is 16.2. The highest BCUT2D eigenvalue weighted by Gasteiger charge is 2.30. The monoisotopic (exact) mass is 276 g/mol. The average Bonchev–Trinajstić information content (AvgIpc) is 2.82. The Morgan fingerprint density at radius 1 is 1.45 bits per heavy atom. The van der Waals surface area contributed by atoms with Gasteiger partial charge >= 0.3 is 0 Å². The molecule has 0 saturated carbocycles. The van der Waals surface area contributed by atoms with Crippen molar-refractivity contribution in [3.05, 3.63) is 23.8 Å². The van der Waals surface area contributed by atoms with E-state index < -0.39 is 0 Å². The molecule has 6 nitrogen and oxygen atoms in total. The maximum absolute atomic E-state index is 12.1. The minimum absolute atomic E-state index is 0.154. The summed E-state index contributed by atoms with van der Waals surface area (Å²) in [6.07, 6.45) is 1.60. The number of nitrogens with zero attached hydrogens (tertiary/aromatic N) is 1. The summed E-state index contributed by atoms with van der Waals surface area (Å²) in [5.41, 5.74) is 13.3. The minimum Gasteiger partial charge on any atom is -0.397 e. The Labute approximate surface area is 118 Å². The van der Waals surface area contributed by atoms with Gasteiger partial charge in [0.2, 0.25) is 11.8 Å². The zero-order valence-electron chi connectivity index (χ0n) is 11.6. The normalized spacial score (nSPS) is 18.9. The Hall–Kier alpha value is -2.08. The van der Waals surface area contributed by atoms with E-state index in [1.807, 2.05) is 24.0 Å². The van der Waals surface area contributed by atoms with Gasteiger partial charge in [0.05, 0.1) is 24.0 Å². The number of benzene rings is 1. The summed E-state index contributed by atoms with van der Waals surface area (Å²) in [7, 11) is 0. The van der Waals surface area contributed by atoms with Crippen molar-refractivity contribution in [1.29, 1.82) is 0 Å². The molecule has 6 heteroatoms. The van der Waals surface area contributed by atoms with Gasteiger partial charge in [-0.05, 0) is 37.9 Å². The van der Waals surface area contributed by atoms with E-state index in [4.69, 9.17) is 11.5 Å². The first-order valence-corrected chi connectivity index (χ1v) is 6.67. The number of rotatable bonds is 4. The first-order chi connectivity index (χ1) is 9.49. The van der Waals surface area contributed by atoms with Crippen molar-refractivity contribution in [3.8, 4) is 0 Å². The van der Waals surface area contributed by atoms with Gasteiger partial charge in [0.25, 0.3) is 0 Å². The lowest BCUT2D eigenvalue weighted by Crippen LogP contribution is -2.43. The molecule has 0 bridgehead atoms. The third-order valence-electron chi connectivity index (χ3n) is 3.61. The van der Waals surface area contributed by atoms with Gasteiger partial charge in [-0.25, -0.2) is 0 Å². The Morgan fingerprint density at radius 3 is 2.85 bits per heavy atom. The number of nitrogens with one attached hydrogen (secondary N) is 1. The van der Waals surface area contributed by atoms with E-state index in [-0.39, 0.29) is 24.4 Å². The number of amides is 2. The molecular formula is C14H20N4O2. The van der Waals surface area contributed by atoms with Crippen LogP contribution in [0.2, 0.25) is 0 Å². The molecule has 1 aliphatic rings. The minimum atomic E-state index is -0.370. The number of carbonyl (C=O) groups excluding carboxylic acids is 2. The van der Waals surface area contributed by atoms with E-state index in [2.05, 4.69) is 5.32 Å². The summed E-state index contributed by atoms with van der Waals surface area (Å²) in [6.45, 7) is 2.75. The van der Waals surface area contributed by atoms with Crippen molar-refractivity contribution in [1.82, 2.24) is 4.90 Å². The molecule has 1 aromatic rings. The molecule has 0 spiro atoms. The van der Waals surface area contributed by atoms with Crippen LogP contribution in [0, 0.1) is 6.92 Å². The predicted molar refractivity (Wildman–Crippen MR) is 78.0 cm³/mol. The van der Waals surface area contributed by atoms with Gasteiger partial charge < -0.3 is 16.8 Å². The third kappa shape index (κ3) is 3.08. The van der Waals surface area contributed by atoms with Crippen LogP contribution in [0.15, 0.2) is 18.2 Å². The van der Waals surface area contributed by atoms with E-state index in [1.165, 1.54) is 0 Å². The second-order valence-electron chi connectivity index (χ2n) is 5.12. The van der Waals surface area contributed by atoms with Crippen molar-refractivity contribution in [2.75, 3.05) is 24.1 Å². The fourth-order valence-corrected chi connectivity index (χ4v) is 2.56. The van der Waals surface area contributed by atoms with Gasteiger partial charge in [0.15, 0.2) is 0 Å². The van der Waals surface area contributed by atoms with Crippen LogP contribution in [0.5, 0.6) is 0 Å². The van der Waals surface area contributed by atoms with Crippen molar-refractivity contribution in [2.24, 2.45) is 5.73 Å². The summed E-state index contributed by atoms with van der Waals surface area (Å²) in [5, 5.41) is 2.81. The van der Waals surface area contributed by atoms with Crippen LogP contribution in [-0.2, 0) is 9.59 Å². The lowest BCUT2D eigenvalue weighted by Gasteiger charge is -2.21. The summed E-state index contributed by atoms with van der Waals surface area (Å²) < 4.78 is 0. The highest BCUT2D eigenvalue weighted by Crippen LogP contribution is 2.23. The zero-order valence-corrected chi connectivity index (χ0v) is 11.6. The third-order valence-corrected chi connectivity index (χ3v) is 3.61. The number of hydrogen-bond donors (Lipinski definition) is 3. The smallest absolute Gasteiger partial charge is 0.238 e. The number of carbonyl (C=O) groups is 2. The van der Waals surface area contributed by atoms with Gasteiger partial charge in [-0.1, -0.05) is 12.1 Å². The van der Waals surface area contributed by atoms with E-state index in [0.717, 1.165) is 18.4 Å². The molecule has 5 N–H and O–H groups in total. The number of anilines is 2. The van der Waals surface area contributed by atoms with E-state index in [1.54, 1.807) is 6.07 Å². The molecule has 0 aliphatic carbocycles. The molecule has 1 atom stereocenters. The summed E-state index contributed by atoms with van der Waals surface area (Å²) in [6, 6.07) is 5.12. The lowest BCUT2D eigenvalue weighted by atomic mass is 10.1. The largest absolute Gasteiger partial charge is 0.397 e. The van der Waals surface area contributed by atoms with Gasteiger partial charge in [0, 0.05) is 0 Å². The molecule has 1 unspecified atom stereocenters. The Bertz CT molecular complexity index is 510. The van der Waals surface area contributed by atoms with Gasteiger partial charge in [-0.2, -0.15) is 0 Å². The molecule has 20 heavy (non-hydrogen) atoms. The van der Waals surface area contributed by atoms with Crippen LogP contribution in [0.3, 0.4) is 0 Å². The number of nitrogen functional groups attached to an aromatic ring is 1. The molecule has 2 rings (SSSR count). The standard InChI is InChI=1S/C14H20N4O2/c1-9-4-2-5-10(15)13(9)17-12(19)8-18-7-3-6-11(18)14(16)20/h2,4-5,11H,3,6-8,15H2,1H3,(H2,16,20)(H,17,19). The number of para-hydroxylation sites is 1. The number of primary amides is 1. The first kappa shape index (κ1) is 14.3. The fraction of sp³-hybridized carbons (Fsp3) is 0.429. The number of aryl methyl sites for hydroxylation is 1. The number of hydrogen-bond acceptors (Lipinski definition) is 4. The topological polar surface area (TPSA) is 101 Å². The fourth-order valence-electron chi connectivity index (χ4n) is 2.56. The van der Waals surface area contributed by atoms with Crippen molar-refractivity contribution in [3.63, 3.8) is 0 Å². The molecule has 1 saturated heterocycles. The Kier molecular flexibility index (Phi) is 4.24.